The highest BCUT2D eigenvalue weighted by molar-refractivity contribution is 5.14. The number of aryl methyl sites for hydroxylation is 1. The van der Waals surface area contributed by atoms with Gasteiger partial charge in [-0.3, -0.25) is 4.68 Å². The first-order valence-electron chi connectivity index (χ1n) is 6.27. The summed E-state index contributed by atoms with van der Waals surface area (Å²) in [5, 5.41) is 8.19. The number of aromatic nitrogens is 2. The maximum Gasteiger partial charge on any atom is 0.0796 e. The predicted molar refractivity (Wildman–Crippen MR) is 66.1 cm³/mol. The smallest absolute Gasteiger partial charge is 0.0796 e. The van der Waals surface area contributed by atoms with Gasteiger partial charge in [-0.05, 0) is 36.8 Å². The molecule has 1 aromatic heterocycles. The molecule has 0 spiro atoms. The molecule has 3 heteroatoms. The first-order chi connectivity index (χ1) is 7.54. The molecule has 0 radical (unpaired) electrons. The Kier molecular flexibility index (Phi) is 3.06. The van der Waals surface area contributed by atoms with E-state index in [-0.39, 0.29) is 0 Å². The molecule has 2 atom stereocenters. The lowest BCUT2D eigenvalue weighted by molar-refractivity contribution is 0.406. The van der Waals surface area contributed by atoms with E-state index in [1.807, 2.05) is 17.9 Å². The van der Waals surface area contributed by atoms with Gasteiger partial charge in [0, 0.05) is 13.2 Å². The molecule has 2 unspecified atom stereocenters. The Morgan fingerprint density at radius 1 is 1.62 bits per heavy atom. The summed E-state index contributed by atoms with van der Waals surface area (Å²) in [6, 6.07) is 2.58. The number of nitrogens with one attached hydrogen (secondary N) is 1. The van der Waals surface area contributed by atoms with Gasteiger partial charge < -0.3 is 5.32 Å². The molecule has 0 saturated heterocycles. The minimum atomic E-state index is 0.441. The molecule has 1 aliphatic rings. The summed E-state index contributed by atoms with van der Waals surface area (Å²) in [5.41, 5.74) is 1.69. The van der Waals surface area contributed by atoms with Crippen LogP contribution in [0.2, 0.25) is 0 Å². The van der Waals surface area contributed by atoms with Crippen molar-refractivity contribution in [3.63, 3.8) is 0 Å². The maximum atomic E-state index is 4.54. The van der Waals surface area contributed by atoms with Crippen molar-refractivity contribution < 1.29 is 0 Å². The second-order valence-electron chi connectivity index (χ2n) is 5.65. The van der Waals surface area contributed by atoms with E-state index in [1.54, 1.807) is 0 Å². The summed E-state index contributed by atoms with van der Waals surface area (Å²) >= 11 is 0. The van der Waals surface area contributed by atoms with Crippen LogP contribution >= 0.6 is 0 Å². The van der Waals surface area contributed by atoms with E-state index in [2.05, 4.69) is 37.3 Å². The Bertz CT molecular complexity index is 354. The molecule has 0 amide bonds. The summed E-state index contributed by atoms with van der Waals surface area (Å²) in [6.45, 7) is 7.98. The van der Waals surface area contributed by atoms with E-state index >= 15 is 0 Å². The van der Waals surface area contributed by atoms with Crippen LogP contribution in [0.1, 0.15) is 45.3 Å². The van der Waals surface area contributed by atoms with Gasteiger partial charge in [0.1, 0.15) is 0 Å². The molecule has 1 N–H and O–H groups in total. The van der Waals surface area contributed by atoms with E-state index in [0.29, 0.717) is 11.5 Å². The van der Waals surface area contributed by atoms with Crippen molar-refractivity contribution in [2.24, 2.45) is 18.4 Å². The van der Waals surface area contributed by atoms with E-state index in [4.69, 9.17) is 0 Å². The first-order valence-corrected chi connectivity index (χ1v) is 6.27. The molecular weight excluding hydrogens is 198 g/mol. The second-order valence-corrected chi connectivity index (χ2v) is 5.65. The van der Waals surface area contributed by atoms with Gasteiger partial charge in [-0.25, -0.2) is 0 Å². The van der Waals surface area contributed by atoms with E-state index in [1.165, 1.54) is 18.5 Å². The molecule has 1 aromatic rings. The Morgan fingerprint density at radius 3 is 2.75 bits per heavy atom. The summed E-state index contributed by atoms with van der Waals surface area (Å²) in [5.74, 6) is 0.744. The zero-order valence-electron chi connectivity index (χ0n) is 10.8. The van der Waals surface area contributed by atoms with Crippen molar-refractivity contribution in [1.82, 2.24) is 15.1 Å². The molecule has 3 nitrogen and oxygen atoms in total. The van der Waals surface area contributed by atoms with Crippen LogP contribution in [0.5, 0.6) is 0 Å². The van der Waals surface area contributed by atoms with Crippen LogP contribution in [0, 0.1) is 11.3 Å². The van der Waals surface area contributed by atoms with E-state index in [9.17, 15) is 0 Å². The average Bonchev–Trinajstić information content (AvgIpc) is 2.64. The number of nitrogens with zero attached hydrogens (tertiary/aromatic N) is 2. The number of hydrogen-bond acceptors (Lipinski definition) is 2. The van der Waals surface area contributed by atoms with Gasteiger partial charge >= 0.3 is 0 Å². The van der Waals surface area contributed by atoms with Crippen LogP contribution in [0.3, 0.4) is 0 Å². The minimum Gasteiger partial charge on any atom is -0.308 e. The summed E-state index contributed by atoms with van der Waals surface area (Å²) < 4.78 is 1.89. The zero-order valence-corrected chi connectivity index (χ0v) is 10.8. The van der Waals surface area contributed by atoms with Crippen LogP contribution in [-0.4, -0.2) is 16.3 Å². The largest absolute Gasteiger partial charge is 0.308 e. The van der Waals surface area contributed by atoms with Crippen molar-refractivity contribution in [2.75, 3.05) is 6.54 Å². The van der Waals surface area contributed by atoms with Crippen molar-refractivity contribution >= 4 is 0 Å². The fourth-order valence-corrected chi connectivity index (χ4v) is 2.43. The molecule has 1 saturated carbocycles. The SMILES string of the molecule is CCCNC(c1ccn(C)n1)C1CC1(C)C. The first kappa shape index (κ1) is 11.6. The van der Waals surface area contributed by atoms with Gasteiger partial charge in [-0.2, -0.15) is 5.10 Å². The molecule has 0 bridgehead atoms. The van der Waals surface area contributed by atoms with Crippen molar-refractivity contribution in [1.29, 1.82) is 0 Å². The topological polar surface area (TPSA) is 29.9 Å². The fourth-order valence-electron chi connectivity index (χ4n) is 2.43. The molecule has 16 heavy (non-hydrogen) atoms. The Hall–Kier alpha value is -0.830. The van der Waals surface area contributed by atoms with Crippen LogP contribution in [0.4, 0.5) is 0 Å². The summed E-state index contributed by atoms with van der Waals surface area (Å²) in [7, 11) is 1.98. The second kappa shape index (κ2) is 4.21. The van der Waals surface area contributed by atoms with Crippen LogP contribution < -0.4 is 5.32 Å². The van der Waals surface area contributed by atoms with Gasteiger partial charge in [0.05, 0.1) is 11.7 Å². The highest BCUT2D eigenvalue weighted by Gasteiger charge is 2.50. The molecule has 1 fully saturated rings. The highest BCUT2D eigenvalue weighted by Crippen LogP contribution is 2.57. The lowest BCUT2D eigenvalue weighted by Gasteiger charge is -2.18. The Morgan fingerprint density at radius 2 is 2.31 bits per heavy atom. The third-order valence-corrected chi connectivity index (χ3v) is 3.66. The minimum absolute atomic E-state index is 0.441. The lowest BCUT2D eigenvalue weighted by Crippen LogP contribution is -2.26. The van der Waals surface area contributed by atoms with E-state index < -0.39 is 0 Å². The third-order valence-electron chi connectivity index (χ3n) is 3.66. The van der Waals surface area contributed by atoms with Gasteiger partial charge in [0.25, 0.3) is 0 Å². The highest BCUT2D eigenvalue weighted by atomic mass is 15.3. The molecule has 90 valence electrons. The van der Waals surface area contributed by atoms with Crippen molar-refractivity contribution in [3.8, 4) is 0 Å². The van der Waals surface area contributed by atoms with Gasteiger partial charge in [-0.15, -0.1) is 0 Å². The predicted octanol–water partition coefficient (Wildman–Crippen LogP) is 2.51. The summed E-state index contributed by atoms with van der Waals surface area (Å²) in [6.07, 6.45) is 4.52. The molecule has 1 heterocycles. The average molecular weight is 221 g/mol. The number of rotatable bonds is 5. The van der Waals surface area contributed by atoms with Gasteiger partial charge in [-0.1, -0.05) is 20.8 Å². The monoisotopic (exact) mass is 221 g/mol. The lowest BCUT2D eigenvalue weighted by atomic mass is 10.0. The molecular formula is C13H23N3. The standard InChI is InChI=1S/C13H23N3/c1-5-7-14-12(10-9-13(10,2)3)11-6-8-16(4)15-11/h6,8,10,12,14H,5,7,9H2,1-4H3. The normalized spacial score (nSPS) is 24.4. The third kappa shape index (κ3) is 2.29. The quantitative estimate of drug-likeness (QED) is 0.828. The van der Waals surface area contributed by atoms with Crippen LogP contribution in [0.25, 0.3) is 0 Å². The number of hydrogen-bond donors (Lipinski definition) is 1. The van der Waals surface area contributed by atoms with Gasteiger partial charge in [0.2, 0.25) is 0 Å². The Labute approximate surface area is 98.2 Å². The van der Waals surface area contributed by atoms with E-state index in [0.717, 1.165) is 12.5 Å². The summed E-state index contributed by atoms with van der Waals surface area (Å²) in [4.78, 5) is 0. The van der Waals surface area contributed by atoms with Crippen molar-refractivity contribution in [3.05, 3.63) is 18.0 Å². The van der Waals surface area contributed by atoms with Crippen LogP contribution in [-0.2, 0) is 7.05 Å². The maximum absolute atomic E-state index is 4.54. The molecule has 1 aliphatic carbocycles. The van der Waals surface area contributed by atoms with Crippen LogP contribution in [0.15, 0.2) is 12.3 Å². The van der Waals surface area contributed by atoms with Gasteiger partial charge in [0.15, 0.2) is 0 Å². The zero-order chi connectivity index (χ0) is 11.8. The molecule has 0 aliphatic heterocycles. The molecule has 0 aromatic carbocycles. The van der Waals surface area contributed by atoms with Crippen molar-refractivity contribution in [2.45, 2.75) is 39.7 Å². The molecule has 2 rings (SSSR count). The fraction of sp³-hybridized carbons (Fsp3) is 0.769. The Balaban J connectivity index is 2.09.